The van der Waals surface area contributed by atoms with Crippen molar-refractivity contribution in [3.8, 4) is 0 Å². The largest absolute Gasteiger partial charge is 0.544 e. The summed E-state index contributed by atoms with van der Waals surface area (Å²) in [4.78, 5) is 11.7. The first-order chi connectivity index (χ1) is 9.10. The Morgan fingerprint density at radius 2 is 1.42 bits per heavy atom. The minimum atomic E-state index is -2.96. The van der Waals surface area contributed by atoms with Crippen molar-refractivity contribution in [3.63, 3.8) is 0 Å². The summed E-state index contributed by atoms with van der Waals surface area (Å²) in [7, 11) is -2.96. The first-order valence-corrected chi connectivity index (χ1v) is 9.01. The van der Waals surface area contributed by atoms with E-state index in [0.717, 1.165) is 6.42 Å². The van der Waals surface area contributed by atoms with Crippen LogP contribution < -0.4 is 0 Å². The molecular formula is C13H28O5Si. The highest BCUT2D eigenvalue weighted by atomic mass is 28.4. The second kappa shape index (κ2) is 10.4. The molecule has 0 aliphatic rings. The summed E-state index contributed by atoms with van der Waals surface area (Å²) in [6.07, 6.45) is 1.80. The van der Waals surface area contributed by atoms with Gasteiger partial charge in [-0.25, -0.2) is 0 Å². The molecule has 0 spiro atoms. The van der Waals surface area contributed by atoms with Crippen LogP contribution in [0.25, 0.3) is 0 Å². The van der Waals surface area contributed by atoms with E-state index in [2.05, 4.69) is 0 Å². The van der Waals surface area contributed by atoms with Crippen LogP contribution in [0, 0.1) is 0 Å². The number of hydrogen-bond donors (Lipinski definition) is 0. The molecule has 0 aromatic rings. The lowest BCUT2D eigenvalue weighted by atomic mass is 10.3. The van der Waals surface area contributed by atoms with Gasteiger partial charge >= 0.3 is 14.8 Å². The first kappa shape index (κ1) is 18.6. The second-order valence-electron chi connectivity index (χ2n) is 4.04. The Morgan fingerprint density at radius 1 is 0.947 bits per heavy atom. The van der Waals surface area contributed by atoms with Crippen LogP contribution in [0.5, 0.6) is 0 Å². The van der Waals surface area contributed by atoms with Crippen LogP contribution in [0.4, 0.5) is 0 Å². The summed E-state index contributed by atoms with van der Waals surface area (Å²) in [6, 6.07) is 0. The average molecular weight is 292 g/mol. The monoisotopic (exact) mass is 292 g/mol. The normalized spacial score (nSPS) is 13.3. The lowest BCUT2D eigenvalue weighted by molar-refractivity contribution is -0.149. The fourth-order valence-corrected chi connectivity index (χ4v) is 4.63. The molecule has 0 saturated carbocycles. The maximum Gasteiger partial charge on any atom is 0.544 e. The van der Waals surface area contributed by atoms with Crippen LogP contribution in [0.15, 0.2) is 0 Å². The molecule has 0 bridgehead atoms. The van der Waals surface area contributed by atoms with E-state index in [0.29, 0.717) is 32.7 Å². The molecule has 1 atom stereocenters. The lowest BCUT2D eigenvalue weighted by Gasteiger charge is -2.34. The fourth-order valence-electron chi connectivity index (χ4n) is 1.83. The molecule has 6 heteroatoms. The smallest absolute Gasteiger partial charge is 0.458 e. The predicted molar refractivity (Wildman–Crippen MR) is 75.7 cm³/mol. The molecule has 0 N–H and O–H groups in total. The summed E-state index contributed by atoms with van der Waals surface area (Å²) < 4.78 is 22.8. The highest BCUT2D eigenvalue weighted by Crippen LogP contribution is 2.21. The summed E-state index contributed by atoms with van der Waals surface area (Å²) >= 11 is 0. The van der Waals surface area contributed by atoms with Crippen LogP contribution in [0.3, 0.4) is 0 Å². The van der Waals surface area contributed by atoms with Crippen molar-refractivity contribution < 1.29 is 22.8 Å². The summed E-state index contributed by atoms with van der Waals surface area (Å²) in [6.45, 7) is 11.0. The molecule has 0 fully saturated rings. The molecule has 0 aliphatic carbocycles. The minimum absolute atomic E-state index is 0.217. The Kier molecular flexibility index (Phi) is 10.1. The topological polar surface area (TPSA) is 54.0 Å². The van der Waals surface area contributed by atoms with Gasteiger partial charge in [-0.1, -0.05) is 13.8 Å². The van der Waals surface area contributed by atoms with Gasteiger partial charge in [-0.3, -0.25) is 4.79 Å². The van der Waals surface area contributed by atoms with E-state index in [4.69, 9.17) is 18.0 Å². The average Bonchev–Trinajstić information content (AvgIpc) is 2.37. The standard InChI is InChI=1S/C13H28O5Si/c1-6-11-12(14)18-13(7-2)19(15-8-3,16-9-4)17-10-5/h13H,6-11H2,1-5H3. The van der Waals surface area contributed by atoms with E-state index in [9.17, 15) is 4.79 Å². The fraction of sp³-hybridized carbons (Fsp3) is 0.923. The quantitative estimate of drug-likeness (QED) is 0.433. The van der Waals surface area contributed by atoms with Gasteiger partial charge in [0.05, 0.1) is 0 Å². The summed E-state index contributed by atoms with van der Waals surface area (Å²) in [5.74, 6) is -0.217. The van der Waals surface area contributed by atoms with E-state index in [-0.39, 0.29) is 5.97 Å². The molecule has 0 aromatic heterocycles. The van der Waals surface area contributed by atoms with Gasteiger partial charge in [-0.2, -0.15) is 0 Å². The zero-order valence-corrected chi connectivity index (χ0v) is 13.9. The van der Waals surface area contributed by atoms with E-state index in [1.54, 1.807) is 0 Å². The molecular weight excluding hydrogens is 264 g/mol. The van der Waals surface area contributed by atoms with Crippen molar-refractivity contribution >= 4 is 14.8 Å². The van der Waals surface area contributed by atoms with Crippen molar-refractivity contribution in [1.82, 2.24) is 0 Å². The molecule has 1 unspecified atom stereocenters. The van der Waals surface area contributed by atoms with Gasteiger partial charge in [-0.15, -0.1) is 0 Å². The highest BCUT2D eigenvalue weighted by molar-refractivity contribution is 6.62. The summed E-state index contributed by atoms with van der Waals surface area (Å²) in [5, 5.41) is 0. The van der Waals surface area contributed by atoms with Gasteiger partial charge in [0.25, 0.3) is 0 Å². The van der Waals surface area contributed by atoms with Gasteiger partial charge in [0.2, 0.25) is 0 Å². The zero-order valence-electron chi connectivity index (χ0n) is 12.9. The van der Waals surface area contributed by atoms with Crippen LogP contribution in [-0.4, -0.2) is 40.3 Å². The highest BCUT2D eigenvalue weighted by Gasteiger charge is 2.51. The predicted octanol–water partition coefficient (Wildman–Crippen LogP) is 2.70. The Balaban J connectivity index is 4.96. The third-order valence-electron chi connectivity index (χ3n) is 2.53. The summed E-state index contributed by atoms with van der Waals surface area (Å²) in [5.41, 5.74) is -0.425. The molecule has 0 saturated heterocycles. The molecule has 19 heavy (non-hydrogen) atoms. The number of hydrogen-bond acceptors (Lipinski definition) is 5. The van der Waals surface area contributed by atoms with Crippen molar-refractivity contribution in [3.05, 3.63) is 0 Å². The third kappa shape index (κ3) is 6.03. The maximum absolute atomic E-state index is 11.7. The van der Waals surface area contributed by atoms with E-state index in [1.165, 1.54) is 0 Å². The maximum atomic E-state index is 11.7. The molecule has 0 radical (unpaired) electrons. The van der Waals surface area contributed by atoms with Gasteiger partial charge in [-0.05, 0) is 33.6 Å². The SMILES string of the molecule is CCCC(=O)OC(CC)[Si](OCC)(OCC)OCC. The first-order valence-electron chi connectivity index (χ1n) is 7.21. The van der Waals surface area contributed by atoms with Crippen LogP contribution >= 0.6 is 0 Å². The van der Waals surface area contributed by atoms with Crippen LogP contribution in [0.1, 0.15) is 53.9 Å². The van der Waals surface area contributed by atoms with Crippen molar-refractivity contribution in [1.29, 1.82) is 0 Å². The molecule has 0 heterocycles. The third-order valence-corrected chi connectivity index (χ3v) is 5.92. The molecule has 0 amide bonds. The number of carbonyl (C=O) groups is 1. The Hall–Kier alpha value is -0.433. The molecule has 114 valence electrons. The van der Waals surface area contributed by atoms with Crippen LogP contribution in [-0.2, 0) is 22.8 Å². The van der Waals surface area contributed by atoms with Gasteiger partial charge in [0, 0.05) is 26.2 Å². The van der Waals surface area contributed by atoms with Crippen molar-refractivity contribution in [2.75, 3.05) is 19.8 Å². The number of esters is 1. The molecule has 0 aromatic carbocycles. The molecule has 5 nitrogen and oxygen atoms in total. The Labute approximate surface area is 117 Å². The van der Waals surface area contributed by atoms with E-state index in [1.807, 2.05) is 34.6 Å². The number of ether oxygens (including phenoxy) is 1. The van der Waals surface area contributed by atoms with Crippen LogP contribution in [0.2, 0.25) is 0 Å². The minimum Gasteiger partial charge on any atom is -0.458 e. The zero-order chi connectivity index (χ0) is 14.7. The van der Waals surface area contributed by atoms with Gasteiger partial charge < -0.3 is 18.0 Å². The number of carbonyl (C=O) groups excluding carboxylic acids is 1. The Bertz CT molecular complexity index is 230. The molecule has 0 rings (SSSR count). The lowest BCUT2D eigenvalue weighted by Crippen LogP contribution is -2.58. The van der Waals surface area contributed by atoms with Gasteiger partial charge in [0.15, 0.2) is 5.73 Å². The van der Waals surface area contributed by atoms with Crippen molar-refractivity contribution in [2.45, 2.75) is 59.6 Å². The van der Waals surface area contributed by atoms with E-state index >= 15 is 0 Å². The van der Waals surface area contributed by atoms with Gasteiger partial charge in [0.1, 0.15) is 0 Å². The van der Waals surface area contributed by atoms with E-state index < -0.39 is 14.5 Å². The van der Waals surface area contributed by atoms with Crippen molar-refractivity contribution in [2.24, 2.45) is 0 Å². The second-order valence-corrected chi connectivity index (χ2v) is 6.76. The Morgan fingerprint density at radius 3 is 1.74 bits per heavy atom. The number of rotatable bonds is 11. The molecule has 0 aliphatic heterocycles.